The van der Waals surface area contributed by atoms with E-state index < -0.39 is 0 Å². The van der Waals surface area contributed by atoms with Crippen LogP contribution in [0, 0.1) is 0 Å². The summed E-state index contributed by atoms with van der Waals surface area (Å²) in [6, 6.07) is 10.4. The van der Waals surface area contributed by atoms with Crippen molar-refractivity contribution >= 4 is 11.8 Å². The predicted octanol–water partition coefficient (Wildman–Crippen LogP) is 2.38. The number of rotatable bonds is 5. The van der Waals surface area contributed by atoms with Crippen LogP contribution in [-0.2, 0) is 11.2 Å². The molecule has 6 heteroatoms. The van der Waals surface area contributed by atoms with E-state index in [1.807, 2.05) is 37.0 Å². The predicted molar refractivity (Wildman–Crippen MR) is 82.3 cm³/mol. The Balaban J connectivity index is 1.68. The first kappa shape index (κ1) is 14.6. The van der Waals surface area contributed by atoms with Crippen molar-refractivity contribution in [3.05, 3.63) is 47.6 Å². The van der Waals surface area contributed by atoms with Crippen molar-refractivity contribution < 1.29 is 9.26 Å². The van der Waals surface area contributed by atoms with Gasteiger partial charge in [-0.05, 0) is 12.6 Å². The lowest BCUT2D eigenvalue weighted by Crippen LogP contribution is -2.19. The number of thioether (sulfide) groups is 1. The van der Waals surface area contributed by atoms with Crippen molar-refractivity contribution in [2.75, 3.05) is 25.2 Å². The maximum atomic E-state index is 5.67. The SMILES string of the molecule is CNC(Cc1nc(C2CSCCO2)no1)c1ccccc1. The first-order valence-corrected chi connectivity index (χ1v) is 8.26. The van der Waals surface area contributed by atoms with Crippen LogP contribution in [0.25, 0.3) is 0 Å². The monoisotopic (exact) mass is 305 g/mol. The van der Waals surface area contributed by atoms with Crippen molar-refractivity contribution in [3.63, 3.8) is 0 Å². The van der Waals surface area contributed by atoms with Crippen molar-refractivity contribution in [1.82, 2.24) is 15.5 Å². The van der Waals surface area contributed by atoms with Crippen LogP contribution in [0.1, 0.15) is 29.4 Å². The average molecular weight is 305 g/mol. The Bertz CT molecular complexity index is 555. The van der Waals surface area contributed by atoms with E-state index in [2.05, 4.69) is 27.6 Å². The number of ether oxygens (including phenoxy) is 1. The van der Waals surface area contributed by atoms with Crippen LogP contribution in [0.4, 0.5) is 0 Å². The Morgan fingerprint density at radius 2 is 2.24 bits per heavy atom. The molecule has 0 aliphatic carbocycles. The number of aromatic nitrogens is 2. The van der Waals surface area contributed by atoms with E-state index in [9.17, 15) is 0 Å². The largest absolute Gasteiger partial charge is 0.368 e. The van der Waals surface area contributed by atoms with Gasteiger partial charge in [0.1, 0.15) is 6.10 Å². The fraction of sp³-hybridized carbons (Fsp3) is 0.467. The second-order valence-corrected chi connectivity index (χ2v) is 6.09. The zero-order chi connectivity index (χ0) is 14.5. The molecule has 0 radical (unpaired) electrons. The Kier molecular flexibility index (Phi) is 4.90. The summed E-state index contributed by atoms with van der Waals surface area (Å²) in [4.78, 5) is 4.49. The van der Waals surface area contributed by atoms with Gasteiger partial charge in [-0.2, -0.15) is 16.7 Å². The maximum absolute atomic E-state index is 5.67. The fourth-order valence-electron chi connectivity index (χ4n) is 2.37. The van der Waals surface area contributed by atoms with Crippen LogP contribution in [0.2, 0.25) is 0 Å². The average Bonchev–Trinajstić information content (AvgIpc) is 3.03. The highest BCUT2D eigenvalue weighted by Crippen LogP contribution is 2.25. The molecule has 5 nitrogen and oxygen atoms in total. The van der Waals surface area contributed by atoms with Gasteiger partial charge >= 0.3 is 0 Å². The third-order valence-corrected chi connectivity index (χ3v) is 4.51. The topological polar surface area (TPSA) is 60.2 Å². The molecule has 2 heterocycles. The van der Waals surface area contributed by atoms with Crippen molar-refractivity contribution in [1.29, 1.82) is 0 Å². The number of nitrogens with zero attached hydrogens (tertiary/aromatic N) is 2. The quantitative estimate of drug-likeness (QED) is 0.915. The van der Waals surface area contributed by atoms with E-state index in [0.29, 0.717) is 18.1 Å². The van der Waals surface area contributed by atoms with Crippen LogP contribution in [0.3, 0.4) is 0 Å². The molecule has 0 saturated carbocycles. The Hall–Kier alpha value is -1.37. The molecule has 112 valence electrons. The Morgan fingerprint density at radius 3 is 2.95 bits per heavy atom. The Labute approximate surface area is 128 Å². The van der Waals surface area contributed by atoms with Crippen LogP contribution >= 0.6 is 11.8 Å². The molecule has 0 bridgehead atoms. The number of likely N-dealkylation sites (N-methyl/N-ethyl adjacent to an activating group) is 1. The molecule has 1 aliphatic heterocycles. The van der Waals surface area contributed by atoms with E-state index in [-0.39, 0.29) is 12.1 Å². The molecule has 2 unspecified atom stereocenters. The van der Waals surface area contributed by atoms with Gasteiger partial charge in [-0.15, -0.1) is 0 Å². The molecule has 3 rings (SSSR count). The second kappa shape index (κ2) is 7.06. The van der Waals surface area contributed by atoms with Crippen LogP contribution in [-0.4, -0.2) is 35.3 Å². The van der Waals surface area contributed by atoms with Gasteiger partial charge in [0.05, 0.1) is 6.61 Å². The molecular weight excluding hydrogens is 286 g/mol. The highest BCUT2D eigenvalue weighted by atomic mass is 32.2. The summed E-state index contributed by atoms with van der Waals surface area (Å²) >= 11 is 1.86. The fourth-order valence-corrected chi connectivity index (χ4v) is 3.21. The molecule has 0 spiro atoms. The standard InChI is InChI=1S/C15H19N3O2S/c1-16-12(11-5-3-2-4-6-11)9-14-17-15(18-20-14)13-10-21-8-7-19-13/h2-6,12-13,16H,7-10H2,1H3. The van der Waals surface area contributed by atoms with Crippen LogP contribution in [0.5, 0.6) is 0 Å². The summed E-state index contributed by atoms with van der Waals surface area (Å²) in [5.41, 5.74) is 1.21. The van der Waals surface area contributed by atoms with Gasteiger partial charge in [-0.1, -0.05) is 35.5 Å². The van der Waals surface area contributed by atoms with E-state index >= 15 is 0 Å². The van der Waals surface area contributed by atoms with Gasteiger partial charge in [0.25, 0.3) is 0 Å². The number of hydrogen-bond acceptors (Lipinski definition) is 6. The van der Waals surface area contributed by atoms with E-state index in [4.69, 9.17) is 9.26 Å². The molecule has 2 atom stereocenters. The molecule has 21 heavy (non-hydrogen) atoms. The van der Waals surface area contributed by atoms with Crippen molar-refractivity contribution in [2.24, 2.45) is 0 Å². The minimum absolute atomic E-state index is 0.0361. The number of nitrogens with one attached hydrogen (secondary N) is 1. The zero-order valence-electron chi connectivity index (χ0n) is 12.0. The van der Waals surface area contributed by atoms with E-state index in [1.165, 1.54) is 5.56 Å². The molecular formula is C15H19N3O2S. The molecule has 1 aliphatic rings. The highest BCUT2D eigenvalue weighted by Gasteiger charge is 2.23. The number of hydrogen-bond donors (Lipinski definition) is 1. The molecule has 1 N–H and O–H groups in total. The van der Waals surface area contributed by atoms with Gasteiger partial charge in [0.2, 0.25) is 11.7 Å². The maximum Gasteiger partial charge on any atom is 0.228 e. The molecule has 1 aromatic carbocycles. The summed E-state index contributed by atoms with van der Waals surface area (Å²) in [7, 11) is 1.94. The lowest BCUT2D eigenvalue weighted by molar-refractivity contribution is 0.0677. The number of benzene rings is 1. The molecule has 1 saturated heterocycles. The van der Waals surface area contributed by atoms with Gasteiger partial charge in [-0.3, -0.25) is 0 Å². The van der Waals surface area contributed by atoms with Gasteiger partial charge in [-0.25, -0.2) is 0 Å². The summed E-state index contributed by atoms with van der Waals surface area (Å²) in [6.07, 6.45) is 0.638. The van der Waals surface area contributed by atoms with Crippen molar-refractivity contribution in [2.45, 2.75) is 18.6 Å². The minimum Gasteiger partial charge on any atom is -0.368 e. The summed E-state index contributed by atoms with van der Waals surface area (Å²) in [5.74, 6) is 3.25. The highest BCUT2D eigenvalue weighted by molar-refractivity contribution is 7.99. The second-order valence-electron chi connectivity index (χ2n) is 4.94. The van der Waals surface area contributed by atoms with Crippen LogP contribution in [0.15, 0.2) is 34.9 Å². The van der Waals surface area contributed by atoms with Crippen molar-refractivity contribution in [3.8, 4) is 0 Å². The summed E-state index contributed by atoms with van der Waals surface area (Å²) in [6.45, 7) is 0.752. The first-order chi connectivity index (χ1) is 10.4. The van der Waals surface area contributed by atoms with Gasteiger partial charge in [0.15, 0.2) is 0 Å². The smallest absolute Gasteiger partial charge is 0.228 e. The Morgan fingerprint density at radius 1 is 1.38 bits per heavy atom. The van der Waals surface area contributed by atoms with Gasteiger partial charge in [0, 0.05) is 24.0 Å². The third kappa shape index (κ3) is 3.64. The summed E-state index contributed by atoms with van der Waals surface area (Å²) < 4.78 is 11.1. The van der Waals surface area contributed by atoms with Gasteiger partial charge < -0.3 is 14.6 Å². The molecule has 0 amide bonds. The molecule has 2 aromatic rings. The molecule has 1 aromatic heterocycles. The lowest BCUT2D eigenvalue weighted by Gasteiger charge is -2.18. The third-order valence-electron chi connectivity index (χ3n) is 3.52. The lowest BCUT2D eigenvalue weighted by atomic mass is 10.0. The zero-order valence-corrected chi connectivity index (χ0v) is 12.8. The van der Waals surface area contributed by atoms with E-state index in [0.717, 1.165) is 18.1 Å². The molecule has 1 fully saturated rings. The minimum atomic E-state index is -0.0361. The first-order valence-electron chi connectivity index (χ1n) is 7.11. The van der Waals surface area contributed by atoms with Crippen LogP contribution < -0.4 is 5.32 Å². The summed E-state index contributed by atoms with van der Waals surface area (Å²) in [5, 5.41) is 7.36. The van der Waals surface area contributed by atoms with E-state index in [1.54, 1.807) is 0 Å². The normalized spacial score (nSPS) is 20.3.